The maximum Gasteiger partial charge on any atom is 0.283 e. The maximum atomic E-state index is 14.8. The molecule has 1 atom stereocenters. The van der Waals surface area contributed by atoms with Gasteiger partial charge in [0.05, 0.1) is 11.8 Å². The Morgan fingerprint density at radius 2 is 1.89 bits per heavy atom. The molecule has 134 valence electrons. The van der Waals surface area contributed by atoms with Gasteiger partial charge in [-0.15, -0.1) is 0 Å². The number of pyridine rings is 1. The third kappa shape index (κ3) is 2.28. The number of nitrogens with zero attached hydrogens (tertiary/aromatic N) is 2. The Morgan fingerprint density at radius 3 is 2.67 bits per heavy atom. The molecule has 7 heteroatoms. The molecule has 0 bridgehead atoms. The van der Waals surface area contributed by atoms with Crippen LogP contribution < -0.4 is 10.5 Å². The third-order valence-electron chi connectivity index (χ3n) is 4.80. The number of hydrogen-bond donors (Lipinski definition) is 1. The minimum Gasteiger partial charge on any atom is -0.462 e. The zero-order valence-electron chi connectivity index (χ0n) is 13.9. The van der Waals surface area contributed by atoms with E-state index in [1.54, 1.807) is 36.5 Å². The van der Waals surface area contributed by atoms with Crippen molar-refractivity contribution < 1.29 is 18.3 Å². The first-order chi connectivity index (χ1) is 13.1. The van der Waals surface area contributed by atoms with Crippen molar-refractivity contribution in [2.45, 2.75) is 5.54 Å². The molecule has 5 rings (SSSR count). The predicted octanol–water partition coefficient (Wildman–Crippen LogP) is 3.72. The van der Waals surface area contributed by atoms with Crippen LogP contribution in [0.5, 0.6) is 11.5 Å². The highest BCUT2D eigenvalue weighted by Crippen LogP contribution is 2.52. The van der Waals surface area contributed by atoms with E-state index in [0.717, 1.165) is 6.20 Å². The molecule has 1 spiro atoms. The Hall–Kier alpha value is -3.48. The summed E-state index contributed by atoms with van der Waals surface area (Å²) in [7, 11) is 0. The molecule has 0 radical (unpaired) electrons. The van der Waals surface area contributed by atoms with Crippen LogP contribution in [0.1, 0.15) is 11.1 Å². The van der Waals surface area contributed by atoms with Crippen molar-refractivity contribution >= 4 is 6.02 Å². The van der Waals surface area contributed by atoms with Crippen LogP contribution >= 0.6 is 0 Å². The topological polar surface area (TPSA) is 69.7 Å². The number of aromatic nitrogens is 1. The van der Waals surface area contributed by atoms with Crippen LogP contribution in [-0.2, 0) is 10.3 Å². The van der Waals surface area contributed by atoms with Crippen LogP contribution in [0.25, 0.3) is 11.1 Å². The van der Waals surface area contributed by atoms with Gasteiger partial charge in [0.15, 0.2) is 5.54 Å². The summed E-state index contributed by atoms with van der Waals surface area (Å²) in [6.07, 6.45) is 2.69. The van der Waals surface area contributed by atoms with E-state index in [1.807, 2.05) is 0 Å². The first-order valence-corrected chi connectivity index (χ1v) is 8.27. The zero-order valence-corrected chi connectivity index (χ0v) is 13.9. The number of hydrogen-bond acceptors (Lipinski definition) is 5. The van der Waals surface area contributed by atoms with Crippen LogP contribution in [0.4, 0.5) is 8.78 Å². The van der Waals surface area contributed by atoms with Crippen molar-refractivity contribution in [2.24, 2.45) is 10.7 Å². The summed E-state index contributed by atoms with van der Waals surface area (Å²) in [5, 5.41) is 0. The second-order valence-electron chi connectivity index (χ2n) is 6.42. The summed E-state index contributed by atoms with van der Waals surface area (Å²) in [5.74, 6) is -0.0231. The number of benzene rings is 2. The van der Waals surface area contributed by atoms with Gasteiger partial charge in [0, 0.05) is 17.3 Å². The van der Waals surface area contributed by atoms with Gasteiger partial charge in [0.2, 0.25) is 0 Å². The van der Waals surface area contributed by atoms with Crippen molar-refractivity contribution in [3.8, 4) is 22.6 Å². The molecule has 0 aliphatic carbocycles. The van der Waals surface area contributed by atoms with Crippen LogP contribution in [0.3, 0.4) is 0 Å². The summed E-state index contributed by atoms with van der Waals surface area (Å²) < 4.78 is 39.7. The number of nitrogens with two attached hydrogens (primary N) is 1. The lowest BCUT2D eigenvalue weighted by molar-refractivity contribution is 0.259. The average Bonchev–Trinajstić information content (AvgIpc) is 3.04. The van der Waals surface area contributed by atoms with E-state index in [2.05, 4.69) is 9.98 Å². The minimum atomic E-state index is -1.16. The van der Waals surface area contributed by atoms with Crippen molar-refractivity contribution in [3.05, 3.63) is 77.6 Å². The van der Waals surface area contributed by atoms with Gasteiger partial charge in [-0.05, 0) is 35.9 Å². The standard InChI is InChI=1S/C20H13F2N3O2/c21-13-6-12(8-24-9-13)11-4-5-16-14(7-11)20(10-26-19(23)25-20)18-15(22)2-1-3-17(18)27-16/h1-9H,10H2,(H2,23,25). The Kier molecular flexibility index (Phi) is 3.21. The van der Waals surface area contributed by atoms with E-state index < -0.39 is 17.2 Å². The fourth-order valence-corrected chi connectivity index (χ4v) is 3.63. The highest BCUT2D eigenvalue weighted by Gasteiger charge is 2.48. The van der Waals surface area contributed by atoms with Crippen LogP contribution in [-0.4, -0.2) is 17.6 Å². The van der Waals surface area contributed by atoms with Gasteiger partial charge in [-0.25, -0.2) is 13.8 Å². The fourth-order valence-electron chi connectivity index (χ4n) is 3.63. The summed E-state index contributed by atoms with van der Waals surface area (Å²) in [5.41, 5.74) is 6.78. The number of rotatable bonds is 1. The van der Waals surface area contributed by atoms with Gasteiger partial charge in [0.1, 0.15) is 29.7 Å². The number of halogens is 2. The molecule has 3 heterocycles. The van der Waals surface area contributed by atoms with Gasteiger partial charge in [-0.2, -0.15) is 0 Å². The van der Waals surface area contributed by atoms with Gasteiger partial charge in [0.25, 0.3) is 6.02 Å². The minimum absolute atomic E-state index is 0.0186. The largest absolute Gasteiger partial charge is 0.462 e. The SMILES string of the molecule is NC1=NC2(CO1)c1cc(-c3cncc(F)c3)ccc1Oc1cccc(F)c12. The zero-order chi connectivity index (χ0) is 18.6. The van der Waals surface area contributed by atoms with Gasteiger partial charge < -0.3 is 15.2 Å². The van der Waals surface area contributed by atoms with Crippen LogP contribution in [0, 0.1) is 11.6 Å². The second kappa shape index (κ2) is 5.51. The molecule has 1 unspecified atom stereocenters. The summed E-state index contributed by atoms with van der Waals surface area (Å²) >= 11 is 0. The molecular formula is C20H13F2N3O2. The summed E-state index contributed by atoms with van der Waals surface area (Å²) in [6.45, 7) is 0.0496. The molecule has 2 aliphatic heterocycles. The van der Waals surface area contributed by atoms with E-state index in [0.29, 0.717) is 28.2 Å². The number of ether oxygens (including phenoxy) is 2. The molecule has 27 heavy (non-hydrogen) atoms. The Bertz CT molecular complexity index is 1120. The van der Waals surface area contributed by atoms with Crippen molar-refractivity contribution in [1.29, 1.82) is 0 Å². The molecule has 0 saturated heterocycles. The molecular weight excluding hydrogens is 352 g/mol. The van der Waals surface area contributed by atoms with E-state index in [4.69, 9.17) is 15.2 Å². The Labute approximate surface area is 153 Å². The molecule has 3 aromatic rings. The third-order valence-corrected chi connectivity index (χ3v) is 4.80. The van der Waals surface area contributed by atoms with Crippen molar-refractivity contribution in [1.82, 2.24) is 4.98 Å². The molecule has 2 aromatic carbocycles. The highest BCUT2D eigenvalue weighted by atomic mass is 19.1. The van der Waals surface area contributed by atoms with E-state index in [9.17, 15) is 8.78 Å². The molecule has 0 fully saturated rings. The van der Waals surface area contributed by atoms with Crippen LogP contribution in [0.2, 0.25) is 0 Å². The van der Waals surface area contributed by atoms with E-state index in [-0.39, 0.29) is 18.2 Å². The number of aliphatic imine (C=N–C) groups is 1. The smallest absolute Gasteiger partial charge is 0.283 e. The normalized spacial score (nSPS) is 19.7. The Balaban J connectivity index is 1.76. The lowest BCUT2D eigenvalue weighted by Gasteiger charge is -2.33. The Morgan fingerprint density at radius 1 is 1.00 bits per heavy atom. The highest BCUT2D eigenvalue weighted by molar-refractivity contribution is 5.78. The van der Waals surface area contributed by atoms with Gasteiger partial charge >= 0.3 is 0 Å². The monoisotopic (exact) mass is 365 g/mol. The van der Waals surface area contributed by atoms with Crippen LogP contribution in [0.15, 0.2) is 59.9 Å². The molecule has 2 N–H and O–H groups in total. The lowest BCUT2D eigenvalue weighted by Crippen LogP contribution is -2.32. The first kappa shape index (κ1) is 15.7. The predicted molar refractivity (Wildman–Crippen MR) is 94.5 cm³/mol. The molecule has 1 aromatic heterocycles. The maximum absolute atomic E-state index is 14.8. The summed E-state index contributed by atoms with van der Waals surface area (Å²) in [6, 6.07) is 11.3. The fraction of sp³-hybridized carbons (Fsp3) is 0.100. The molecule has 5 nitrogen and oxygen atoms in total. The average molecular weight is 365 g/mol. The van der Waals surface area contributed by atoms with Gasteiger partial charge in [-0.1, -0.05) is 12.1 Å². The van der Waals surface area contributed by atoms with E-state index >= 15 is 0 Å². The number of amidine groups is 1. The summed E-state index contributed by atoms with van der Waals surface area (Å²) in [4.78, 5) is 8.32. The first-order valence-electron chi connectivity index (χ1n) is 8.27. The quantitative estimate of drug-likeness (QED) is 0.714. The second-order valence-corrected chi connectivity index (χ2v) is 6.42. The van der Waals surface area contributed by atoms with Crippen molar-refractivity contribution in [3.63, 3.8) is 0 Å². The molecule has 0 saturated carbocycles. The van der Waals surface area contributed by atoms with Crippen molar-refractivity contribution in [2.75, 3.05) is 6.61 Å². The molecule has 0 amide bonds. The number of fused-ring (bicyclic) bond motifs is 4. The molecule has 2 aliphatic rings. The lowest BCUT2D eigenvalue weighted by atomic mass is 9.80. The van der Waals surface area contributed by atoms with E-state index in [1.165, 1.54) is 12.1 Å². The van der Waals surface area contributed by atoms with Gasteiger partial charge in [-0.3, -0.25) is 4.98 Å².